The third kappa shape index (κ3) is 3.43. The van der Waals surface area contributed by atoms with Gasteiger partial charge in [-0.1, -0.05) is 37.4 Å². The molecule has 0 spiro atoms. The highest BCUT2D eigenvalue weighted by Crippen LogP contribution is 2.28. The van der Waals surface area contributed by atoms with Gasteiger partial charge in [-0.2, -0.15) is 0 Å². The summed E-state index contributed by atoms with van der Waals surface area (Å²) < 4.78 is 0. The van der Waals surface area contributed by atoms with Gasteiger partial charge in [0.25, 0.3) is 0 Å². The standard InChI is InChI=1S/C12H23NSi/c1-12(2,3)13-10-14(4,5)11-8-6-7-9-11/h6-9,11,13H,10H2,1-5H3. The van der Waals surface area contributed by atoms with E-state index in [9.17, 15) is 0 Å². The zero-order chi connectivity index (χ0) is 10.8. The highest BCUT2D eigenvalue weighted by atomic mass is 28.3. The van der Waals surface area contributed by atoms with Gasteiger partial charge in [0.2, 0.25) is 0 Å². The first kappa shape index (κ1) is 11.7. The summed E-state index contributed by atoms with van der Waals surface area (Å²) in [6.45, 7) is 11.6. The van der Waals surface area contributed by atoms with Crippen molar-refractivity contribution in [3.05, 3.63) is 24.3 Å². The fourth-order valence-electron chi connectivity index (χ4n) is 1.56. The molecule has 0 saturated carbocycles. The van der Waals surface area contributed by atoms with Crippen molar-refractivity contribution in [2.24, 2.45) is 0 Å². The van der Waals surface area contributed by atoms with Crippen molar-refractivity contribution in [2.45, 2.75) is 44.9 Å². The third-order valence-electron chi connectivity index (χ3n) is 2.72. The first-order chi connectivity index (χ1) is 6.31. The Kier molecular flexibility index (Phi) is 3.38. The smallest absolute Gasteiger partial charge is 0.0736 e. The number of allylic oxidation sites excluding steroid dienone is 4. The molecule has 0 unspecified atom stereocenters. The van der Waals surface area contributed by atoms with Crippen LogP contribution in [-0.2, 0) is 0 Å². The first-order valence-electron chi connectivity index (χ1n) is 5.41. The normalized spacial score (nSPS) is 18.1. The quantitative estimate of drug-likeness (QED) is 0.704. The van der Waals surface area contributed by atoms with Crippen molar-refractivity contribution in [1.29, 1.82) is 0 Å². The van der Waals surface area contributed by atoms with Crippen LogP contribution in [0.2, 0.25) is 18.6 Å². The molecule has 1 aliphatic carbocycles. The van der Waals surface area contributed by atoms with E-state index in [1.807, 2.05) is 0 Å². The maximum absolute atomic E-state index is 3.63. The molecular weight excluding hydrogens is 186 g/mol. The third-order valence-corrected chi connectivity index (χ3v) is 6.00. The van der Waals surface area contributed by atoms with Gasteiger partial charge in [0.1, 0.15) is 0 Å². The van der Waals surface area contributed by atoms with Gasteiger partial charge in [-0.25, -0.2) is 0 Å². The van der Waals surface area contributed by atoms with Crippen molar-refractivity contribution < 1.29 is 0 Å². The summed E-state index contributed by atoms with van der Waals surface area (Å²) in [5.74, 6) is 0. The molecule has 1 nitrogen and oxygen atoms in total. The van der Waals surface area contributed by atoms with E-state index in [1.54, 1.807) is 0 Å². The minimum absolute atomic E-state index is 0.246. The molecule has 0 aromatic rings. The number of hydrogen-bond acceptors (Lipinski definition) is 1. The average molecular weight is 209 g/mol. The van der Waals surface area contributed by atoms with Crippen LogP contribution in [0.3, 0.4) is 0 Å². The van der Waals surface area contributed by atoms with Crippen LogP contribution >= 0.6 is 0 Å². The van der Waals surface area contributed by atoms with Crippen LogP contribution in [0.4, 0.5) is 0 Å². The molecule has 0 atom stereocenters. The van der Waals surface area contributed by atoms with Crippen molar-refractivity contribution in [2.75, 3.05) is 6.17 Å². The Morgan fingerprint density at radius 3 is 2.07 bits per heavy atom. The molecule has 1 aliphatic rings. The molecule has 14 heavy (non-hydrogen) atoms. The Morgan fingerprint density at radius 1 is 1.14 bits per heavy atom. The molecule has 1 rings (SSSR count). The van der Waals surface area contributed by atoms with Crippen LogP contribution in [0.25, 0.3) is 0 Å². The second-order valence-electron chi connectivity index (χ2n) is 5.89. The van der Waals surface area contributed by atoms with Crippen molar-refractivity contribution in [1.82, 2.24) is 5.32 Å². The molecule has 0 saturated heterocycles. The number of nitrogens with one attached hydrogen (secondary N) is 1. The lowest BCUT2D eigenvalue weighted by Crippen LogP contribution is -2.49. The lowest BCUT2D eigenvalue weighted by atomic mass is 10.1. The monoisotopic (exact) mass is 209 g/mol. The fourth-order valence-corrected chi connectivity index (χ4v) is 4.05. The predicted octanol–water partition coefficient (Wildman–Crippen LogP) is 3.12. The van der Waals surface area contributed by atoms with Crippen molar-refractivity contribution in [3.8, 4) is 0 Å². The first-order valence-corrected chi connectivity index (χ1v) is 8.70. The molecule has 0 fully saturated rings. The van der Waals surface area contributed by atoms with E-state index >= 15 is 0 Å². The fraction of sp³-hybridized carbons (Fsp3) is 0.667. The van der Waals surface area contributed by atoms with Crippen LogP contribution in [-0.4, -0.2) is 19.8 Å². The van der Waals surface area contributed by atoms with Gasteiger partial charge < -0.3 is 5.32 Å². The second-order valence-corrected chi connectivity index (χ2v) is 10.9. The van der Waals surface area contributed by atoms with Crippen LogP contribution in [0.5, 0.6) is 0 Å². The summed E-state index contributed by atoms with van der Waals surface area (Å²) in [5.41, 5.74) is 0.966. The minimum Gasteiger partial charge on any atom is -0.315 e. The van der Waals surface area contributed by atoms with E-state index in [2.05, 4.69) is 63.5 Å². The largest absolute Gasteiger partial charge is 0.315 e. The summed E-state index contributed by atoms with van der Waals surface area (Å²) >= 11 is 0. The number of hydrogen-bond donors (Lipinski definition) is 1. The molecule has 0 radical (unpaired) electrons. The van der Waals surface area contributed by atoms with Crippen molar-refractivity contribution in [3.63, 3.8) is 0 Å². The molecule has 0 aromatic heterocycles. The second kappa shape index (κ2) is 4.03. The van der Waals surface area contributed by atoms with Crippen LogP contribution in [0, 0.1) is 0 Å². The maximum atomic E-state index is 3.63. The lowest BCUT2D eigenvalue weighted by molar-refractivity contribution is 0.455. The summed E-state index contributed by atoms with van der Waals surface area (Å²) in [7, 11) is -1.16. The molecule has 1 N–H and O–H groups in total. The topological polar surface area (TPSA) is 12.0 Å². The van der Waals surface area contributed by atoms with E-state index in [1.165, 1.54) is 6.17 Å². The van der Waals surface area contributed by atoms with Gasteiger partial charge in [-0.15, -0.1) is 0 Å². The molecular formula is C12H23NSi. The van der Waals surface area contributed by atoms with Gasteiger partial charge >= 0.3 is 0 Å². The summed E-state index contributed by atoms with van der Waals surface area (Å²) in [5, 5.41) is 3.63. The summed E-state index contributed by atoms with van der Waals surface area (Å²) in [6.07, 6.45) is 10.2. The van der Waals surface area contributed by atoms with E-state index in [4.69, 9.17) is 0 Å². The van der Waals surface area contributed by atoms with Crippen LogP contribution < -0.4 is 5.32 Å². The maximum Gasteiger partial charge on any atom is 0.0736 e. The van der Waals surface area contributed by atoms with E-state index in [0.717, 1.165) is 5.54 Å². The Bertz CT molecular complexity index is 234. The summed E-state index contributed by atoms with van der Waals surface area (Å²) in [4.78, 5) is 0. The highest BCUT2D eigenvalue weighted by molar-refractivity contribution is 6.80. The van der Waals surface area contributed by atoms with Crippen LogP contribution in [0.15, 0.2) is 24.3 Å². The minimum atomic E-state index is -1.16. The SMILES string of the molecule is CC(C)(C)NC[Si](C)(C)C1C=CC=C1. The van der Waals surface area contributed by atoms with E-state index in [-0.39, 0.29) is 5.54 Å². The number of rotatable bonds is 3. The molecule has 0 aliphatic heterocycles. The molecule has 2 heteroatoms. The van der Waals surface area contributed by atoms with Crippen LogP contribution in [0.1, 0.15) is 20.8 Å². The zero-order valence-electron chi connectivity index (χ0n) is 10.1. The van der Waals surface area contributed by atoms with Gasteiger partial charge in [-0.3, -0.25) is 0 Å². The molecule has 0 heterocycles. The molecule has 0 aromatic carbocycles. The summed E-state index contributed by atoms with van der Waals surface area (Å²) in [6, 6.07) is 0. The Labute approximate surface area is 89.3 Å². The highest BCUT2D eigenvalue weighted by Gasteiger charge is 2.30. The lowest BCUT2D eigenvalue weighted by Gasteiger charge is -2.32. The zero-order valence-corrected chi connectivity index (χ0v) is 11.1. The molecule has 0 bridgehead atoms. The predicted molar refractivity (Wildman–Crippen MR) is 67.3 cm³/mol. The Hall–Kier alpha value is -0.343. The van der Waals surface area contributed by atoms with Gasteiger partial charge in [0, 0.05) is 5.54 Å². The Balaban J connectivity index is 2.49. The average Bonchev–Trinajstić information content (AvgIpc) is 2.52. The Morgan fingerprint density at radius 2 is 1.64 bits per heavy atom. The van der Waals surface area contributed by atoms with E-state index in [0.29, 0.717) is 0 Å². The molecule has 0 amide bonds. The van der Waals surface area contributed by atoms with Gasteiger partial charge in [-0.05, 0) is 32.5 Å². The molecule has 80 valence electrons. The van der Waals surface area contributed by atoms with E-state index < -0.39 is 8.07 Å². The van der Waals surface area contributed by atoms with Crippen molar-refractivity contribution >= 4 is 8.07 Å². The van der Waals surface area contributed by atoms with Gasteiger partial charge in [0.05, 0.1) is 8.07 Å². The van der Waals surface area contributed by atoms with Gasteiger partial charge in [0.15, 0.2) is 0 Å².